The molecule has 0 saturated heterocycles. The van der Waals surface area contributed by atoms with Crippen LogP contribution >= 0.6 is 0 Å². The van der Waals surface area contributed by atoms with E-state index >= 15 is 0 Å². The number of ether oxygens (including phenoxy) is 1. The molecule has 7 heteroatoms. The molecule has 0 radical (unpaired) electrons. The number of hydrogen-bond acceptors (Lipinski definition) is 6. The number of aryl methyl sites for hydroxylation is 1. The van der Waals surface area contributed by atoms with Gasteiger partial charge in [0.15, 0.2) is 5.82 Å². The molecule has 0 spiro atoms. The Morgan fingerprint density at radius 2 is 1.97 bits per heavy atom. The first-order valence-corrected chi connectivity index (χ1v) is 11.0. The van der Waals surface area contributed by atoms with Crippen LogP contribution in [0.2, 0.25) is 0 Å². The molecular weight excluding hydrogens is 412 g/mol. The topological polar surface area (TPSA) is 103 Å². The van der Waals surface area contributed by atoms with Crippen molar-refractivity contribution >= 4 is 5.69 Å². The van der Waals surface area contributed by atoms with Crippen LogP contribution in [0.15, 0.2) is 67.0 Å². The van der Waals surface area contributed by atoms with Crippen molar-refractivity contribution in [1.82, 2.24) is 19.7 Å². The highest BCUT2D eigenvalue weighted by atomic mass is 16.5. The summed E-state index contributed by atoms with van der Waals surface area (Å²) in [6.07, 6.45) is 6.18. The predicted octanol–water partition coefficient (Wildman–Crippen LogP) is 4.75. The first-order chi connectivity index (χ1) is 16.2. The van der Waals surface area contributed by atoms with E-state index < -0.39 is 0 Å². The largest absolute Gasteiger partial charge is 0.494 e. The van der Waals surface area contributed by atoms with E-state index in [2.05, 4.69) is 24.0 Å². The number of rotatable bonds is 9. The monoisotopic (exact) mass is 438 g/mol. The number of aromatic nitrogens is 4. The van der Waals surface area contributed by atoms with Gasteiger partial charge in [-0.2, -0.15) is 5.26 Å². The Morgan fingerprint density at radius 3 is 2.70 bits per heavy atom. The maximum Gasteiger partial charge on any atom is 0.183 e. The molecule has 0 aliphatic heterocycles. The quantitative estimate of drug-likeness (QED) is 0.299. The molecule has 2 aromatic heterocycles. The Balaban J connectivity index is 1.54. The van der Waals surface area contributed by atoms with Crippen LogP contribution in [0.5, 0.6) is 5.75 Å². The van der Waals surface area contributed by atoms with Gasteiger partial charge in [0.1, 0.15) is 11.6 Å². The van der Waals surface area contributed by atoms with Gasteiger partial charge in [-0.15, -0.1) is 5.10 Å². The molecule has 0 fully saturated rings. The Hall–Kier alpha value is -4.18. The van der Waals surface area contributed by atoms with Crippen molar-refractivity contribution in [2.24, 2.45) is 0 Å². The zero-order chi connectivity index (χ0) is 23.0. The fraction of sp³-hybridized carbons (Fsp3) is 0.231. The van der Waals surface area contributed by atoms with E-state index in [9.17, 15) is 0 Å². The summed E-state index contributed by atoms with van der Waals surface area (Å²) in [5.41, 5.74) is 11.0. The number of anilines is 1. The second kappa shape index (κ2) is 10.4. The average molecular weight is 439 g/mol. The van der Waals surface area contributed by atoms with Gasteiger partial charge in [0, 0.05) is 36.5 Å². The SMILES string of the molecule is CCc1nc(-c2cccnc2)nn1-c1ccc(N)c(Cc2ccc(OCCCC#N)cc2)c1. The summed E-state index contributed by atoms with van der Waals surface area (Å²) in [6.45, 7) is 2.61. The summed E-state index contributed by atoms with van der Waals surface area (Å²) in [4.78, 5) is 8.88. The van der Waals surface area contributed by atoms with Crippen molar-refractivity contribution in [2.75, 3.05) is 12.3 Å². The molecule has 2 aromatic carbocycles. The minimum absolute atomic E-state index is 0.503. The standard InChI is InChI=1S/C26H26N6O/c1-2-25-30-26(20-6-5-14-29-18-20)31-32(25)22-9-12-24(28)21(17-22)16-19-7-10-23(11-8-19)33-15-4-3-13-27/h5-12,14,17-18H,2-4,15-16,28H2,1H3. The molecule has 0 aliphatic rings. The third-order valence-electron chi connectivity index (χ3n) is 5.30. The number of pyridine rings is 1. The highest BCUT2D eigenvalue weighted by Crippen LogP contribution is 2.24. The number of benzene rings is 2. The van der Waals surface area contributed by atoms with E-state index in [0.29, 0.717) is 25.3 Å². The lowest BCUT2D eigenvalue weighted by atomic mass is 10.0. The van der Waals surface area contributed by atoms with Gasteiger partial charge in [-0.05, 0) is 66.4 Å². The van der Waals surface area contributed by atoms with Crippen molar-refractivity contribution in [3.05, 3.63) is 83.9 Å². The second-order valence-corrected chi connectivity index (χ2v) is 7.67. The first-order valence-electron chi connectivity index (χ1n) is 11.0. The van der Waals surface area contributed by atoms with Gasteiger partial charge in [0.05, 0.1) is 18.4 Å². The van der Waals surface area contributed by atoms with Crippen LogP contribution in [0.25, 0.3) is 17.1 Å². The van der Waals surface area contributed by atoms with Crippen molar-refractivity contribution in [3.63, 3.8) is 0 Å². The van der Waals surface area contributed by atoms with Gasteiger partial charge in [-0.3, -0.25) is 4.98 Å². The van der Waals surface area contributed by atoms with Crippen LogP contribution in [0.1, 0.15) is 36.7 Å². The second-order valence-electron chi connectivity index (χ2n) is 7.67. The summed E-state index contributed by atoms with van der Waals surface area (Å²) in [5.74, 6) is 2.34. The van der Waals surface area contributed by atoms with E-state index in [0.717, 1.165) is 52.5 Å². The maximum atomic E-state index is 8.61. The van der Waals surface area contributed by atoms with E-state index in [1.807, 2.05) is 53.2 Å². The maximum absolute atomic E-state index is 8.61. The Labute approximate surface area is 193 Å². The normalized spacial score (nSPS) is 10.7. The third-order valence-corrected chi connectivity index (χ3v) is 5.30. The molecule has 166 valence electrons. The summed E-state index contributed by atoms with van der Waals surface area (Å²) < 4.78 is 7.56. The molecule has 0 aliphatic carbocycles. The summed E-state index contributed by atoms with van der Waals surface area (Å²) in [7, 11) is 0. The molecule has 7 nitrogen and oxygen atoms in total. The summed E-state index contributed by atoms with van der Waals surface area (Å²) in [5, 5.41) is 13.4. The average Bonchev–Trinajstić information content (AvgIpc) is 3.29. The zero-order valence-electron chi connectivity index (χ0n) is 18.6. The van der Waals surface area contributed by atoms with Crippen LogP contribution in [-0.4, -0.2) is 26.4 Å². The van der Waals surface area contributed by atoms with Crippen molar-refractivity contribution in [1.29, 1.82) is 5.26 Å². The van der Waals surface area contributed by atoms with Gasteiger partial charge in [-0.1, -0.05) is 19.1 Å². The minimum atomic E-state index is 0.503. The fourth-order valence-electron chi connectivity index (χ4n) is 3.54. The molecule has 4 aromatic rings. The summed E-state index contributed by atoms with van der Waals surface area (Å²) in [6, 6.07) is 19.9. The Bertz CT molecular complexity index is 1240. The molecule has 2 N–H and O–H groups in total. The van der Waals surface area contributed by atoms with Gasteiger partial charge in [0.25, 0.3) is 0 Å². The van der Waals surface area contributed by atoms with Gasteiger partial charge >= 0.3 is 0 Å². The molecule has 0 saturated carbocycles. The van der Waals surface area contributed by atoms with Crippen molar-refractivity contribution in [2.45, 2.75) is 32.6 Å². The van der Waals surface area contributed by atoms with E-state index in [4.69, 9.17) is 25.8 Å². The number of nitrogens with two attached hydrogens (primary N) is 1. The zero-order valence-corrected chi connectivity index (χ0v) is 18.6. The smallest absolute Gasteiger partial charge is 0.183 e. The number of nitriles is 1. The number of nitrogens with zero attached hydrogens (tertiary/aromatic N) is 5. The number of unbranched alkanes of at least 4 members (excludes halogenated alkanes) is 1. The van der Waals surface area contributed by atoms with Crippen LogP contribution < -0.4 is 10.5 Å². The van der Waals surface area contributed by atoms with E-state index in [-0.39, 0.29) is 0 Å². The molecule has 0 unspecified atom stereocenters. The Kier molecular flexibility index (Phi) is 6.96. The lowest BCUT2D eigenvalue weighted by Crippen LogP contribution is -2.05. The third kappa shape index (κ3) is 5.36. The van der Waals surface area contributed by atoms with Gasteiger partial charge < -0.3 is 10.5 Å². The van der Waals surface area contributed by atoms with Crippen molar-refractivity contribution in [3.8, 4) is 28.9 Å². The van der Waals surface area contributed by atoms with Crippen LogP contribution in [0.4, 0.5) is 5.69 Å². The molecule has 0 amide bonds. The number of hydrogen-bond donors (Lipinski definition) is 1. The van der Waals surface area contributed by atoms with E-state index in [1.54, 1.807) is 12.4 Å². The van der Waals surface area contributed by atoms with Crippen LogP contribution in [0.3, 0.4) is 0 Å². The highest BCUT2D eigenvalue weighted by Gasteiger charge is 2.13. The summed E-state index contributed by atoms with van der Waals surface area (Å²) >= 11 is 0. The van der Waals surface area contributed by atoms with Gasteiger partial charge in [0.2, 0.25) is 0 Å². The molecule has 2 heterocycles. The van der Waals surface area contributed by atoms with Crippen LogP contribution in [-0.2, 0) is 12.8 Å². The lowest BCUT2D eigenvalue weighted by molar-refractivity contribution is 0.312. The minimum Gasteiger partial charge on any atom is -0.494 e. The Morgan fingerprint density at radius 1 is 1.12 bits per heavy atom. The first kappa shape index (κ1) is 22.0. The predicted molar refractivity (Wildman–Crippen MR) is 128 cm³/mol. The number of nitrogen functional groups attached to an aromatic ring is 1. The lowest BCUT2D eigenvalue weighted by Gasteiger charge is -2.11. The molecule has 33 heavy (non-hydrogen) atoms. The fourth-order valence-corrected chi connectivity index (χ4v) is 3.54. The molecule has 0 atom stereocenters. The molecule has 4 rings (SSSR count). The van der Waals surface area contributed by atoms with E-state index in [1.165, 1.54) is 0 Å². The van der Waals surface area contributed by atoms with Crippen molar-refractivity contribution < 1.29 is 4.74 Å². The van der Waals surface area contributed by atoms with Crippen LogP contribution in [0, 0.1) is 11.3 Å². The molecule has 0 bridgehead atoms. The highest BCUT2D eigenvalue weighted by molar-refractivity contribution is 5.56. The molecular formula is C26H26N6O. The van der Waals surface area contributed by atoms with Gasteiger partial charge in [-0.25, -0.2) is 9.67 Å².